The number of methoxy groups -OCH3 is 1. The molecule has 0 aliphatic carbocycles. The summed E-state index contributed by atoms with van der Waals surface area (Å²) in [7, 11) is 1.60. The minimum absolute atomic E-state index is 0.232. The largest absolute Gasteiger partial charge is 0.479 e. The van der Waals surface area contributed by atoms with Gasteiger partial charge in [0.25, 0.3) is 0 Å². The fraction of sp³-hybridized carbons (Fsp3) is 0.214. The Kier molecular flexibility index (Phi) is 1.95. The second kappa shape index (κ2) is 3.54. The third-order valence-corrected chi connectivity index (χ3v) is 3.68. The molecule has 0 spiro atoms. The SMILES string of the molecule is COc1ncnc2c1nc1n2C(C)c2ccccc2-1. The van der Waals surface area contributed by atoms with Gasteiger partial charge in [0.05, 0.1) is 13.2 Å². The van der Waals surface area contributed by atoms with E-state index in [2.05, 4.69) is 44.6 Å². The van der Waals surface area contributed by atoms with Crippen LogP contribution in [-0.4, -0.2) is 26.6 Å². The first kappa shape index (κ1) is 10.5. The summed E-state index contributed by atoms with van der Waals surface area (Å²) in [5.74, 6) is 1.47. The van der Waals surface area contributed by atoms with Crippen LogP contribution in [0.5, 0.6) is 5.88 Å². The number of benzene rings is 1. The first-order chi connectivity index (χ1) is 9.31. The Morgan fingerprint density at radius 1 is 1.21 bits per heavy atom. The van der Waals surface area contributed by atoms with Gasteiger partial charge in [-0.15, -0.1) is 0 Å². The lowest BCUT2D eigenvalue weighted by molar-refractivity contribution is 0.401. The molecule has 19 heavy (non-hydrogen) atoms. The van der Waals surface area contributed by atoms with Crippen molar-refractivity contribution in [1.82, 2.24) is 19.5 Å². The van der Waals surface area contributed by atoms with Crippen molar-refractivity contribution in [3.05, 3.63) is 36.2 Å². The molecule has 0 fully saturated rings. The van der Waals surface area contributed by atoms with Crippen LogP contribution >= 0.6 is 0 Å². The predicted octanol–water partition coefficient (Wildman–Crippen LogP) is 2.42. The van der Waals surface area contributed by atoms with Crippen LogP contribution in [0.3, 0.4) is 0 Å². The van der Waals surface area contributed by atoms with E-state index in [0.29, 0.717) is 5.88 Å². The van der Waals surface area contributed by atoms with Crippen molar-refractivity contribution in [2.45, 2.75) is 13.0 Å². The maximum Gasteiger partial charge on any atom is 0.245 e. The summed E-state index contributed by atoms with van der Waals surface area (Å²) in [5.41, 5.74) is 3.99. The van der Waals surface area contributed by atoms with Gasteiger partial charge in [-0.05, 0) is 12.5 Å². The Morgan fingerprint density at radius 2 is 2.05 bits per heavy atom. The molecule has 1 atom stereocenters. The van der Waals surface area contributed by atoms with E-state index in [0.717, 1.165) is 22.6 Å². The van der Waals surface area contributed by atoms with Gasteiger partial charge in [0.1, 0.15) is 12.2 Å². The number of hydrogen-bond donors (Lipinski definition) is 0. The van der Waals surface area contributed by atoms with Crippen molar-refractivity contribution in [1.29, 1.82) is 0 Å². The molecule has 2 aromatic heterocycles. The second-order valence-electron chi connectivity index (χ2n) is 4.62. The Labute approximate surface area is 109 Å². The van der Waals surface area contributed by atoms with Crippen LogP contribution in [0.1, 0.15) is 18.5 Å². The Morgan fingerprint density at radius 3 is 2.89 bits per heavy atom. The zero-order valence-electron chi connectivity index (χ0n) is 10.7. The molecule has 4 rings (SSSR count). The molecule has 0 saturated heterocycles. The summed E-state index contributed by atoms with van der Waals surface area (Å²) in [6.45, 7) is 2.16. The van der Waals surface area contributed by atoms with Crippen LogP contribution in [0.2, 0.25) is 0 Å². The van der Waals surface area contributed by atoms with Crippen molar-refractivity contribution in [2.24, 2.45) is 0 Å². The highest BCUT2D eigenvalue weighted by atomic mass is 16.5. The smallest absolute Gasteiger partial charge is 0.245 e. The molecule has 3 heterocycles. The Bertz CT molecular complexity index is 793. The lowest BCUT2D eigenvalue weighted by Gasteiger charge is -2.08. The van der Waals surface area contributed by atoms with Crippen LogP contribution < -0.4 is 4.74 Å². The van der Waals surface area contributed by atoms with Gasteiger partial charge in [0.15, 0.2) is 11.2 Å². The molecule has 3 aromatic rings. The molecule has 94 valence electrons. The first-order valence-corrected chi connectivity index (χ1v) is 6.17. The number of fused-ring (bicyclic) bond motifs is 5. The number of hydrogen-bond acceptors (Lipinski definition) is 4. The molecule has 1 aliphatic rings. The standard InChI is InChI=1S/C14H12N4O/c1-8-9-5-3-4-6-10(9)12-17-11-13(18(8)12)15-7-16-14(11)19-2/h3-8H,1-2H3. The summed E-state index contributed by atoms with van der Waals surface area (Å²) in [6, 6.07) is 8.55. The molecule has 1 aromatic carbocycles. The molecule has 1 aliphatic heterocycles. The highest BCUT2D eigenvalue weighted by Crippen LogP contribution is 2.41. The number of ether oxygens (including phenoxy) is 1. The van der Waals surface area contributed by atoms with Gasteiger partial charge in [0, 0.05) is 5.56 Å². The average Bonchev–Trinajstić information content (AvgIpc) is 2.96. The molecule has 1 unspecified atom stereocenters. The maximum absolute atomic E-state index is 5.26. The van der Waals surface area contributed by atoms with Crippen LogP contribution in [-0.2, 0) is 0 Å². The molecule has 0 N–H and O–H groups in total. The van der Waals surface area contributed by atoms with Gasteiger partial charge >= 0.3 is 0 Å². The predicted molar refractivity (Wildman–Crippen MR) is 71.1 cm³/mol. The summed E-state index contributed by atoms with van der Waals surface area (Å²) in [4.78, 5) is 13.1. The normalized spacial score (nSPS) is 16.4. The van der Waals surface area contributed by atoms with Crippen molar-refractivity contribution in [2.75, 3.05) is 7.11 Å². The van der Waals surface area contributed by atoms with E-state index in [1.807, 2.05) is 6.07 Å². The fourth-order valence-corrected chi connectivity index (χ4v) is 2.80. The Balaban J connectivity index is 2.11. The minimum Gasteiger partial charge on any atom is -0.479 e. The van der Waals surface area contributed by atoms with Gasteiger partial charge in [-0.1, -0.05) is 24.3 Å². The van der Waals surface area contributed by atoms with Gasteiger partial charge in [-0.2, -0.15) is 4.98 Å². The van der Waals surface area contributed by atoms with Crippen molar-refractivity contribution >= 4 is 11.2 Å². The van der Waals surface area contributed by atoms with E-state index in [9.17, 15) is 0 Å². The fourth-order valence-electron chi connectivity index (χ4n) is 2.80. The molecule has 0 bridgehead atoms. The number of imidazole rings is 1. The summed E-state index contributed by atoms with van der Waals surface area (Å²) < 4.78 is 7.40. The number of nitrogens with zero attached hydrogens (tertiary/aromatic N) is 4. The molecule has 5 heteroatoms. The summed E-state index contributed by atoms with van der Waals surface area (Å²) in [6.07, 6.45) is 1.52. The minimum atomic E-state index is 0.232. The monoisotopic (exact) mass is 252 g/mol. The number of rotatable bonds is 1. The van der Waals surface area contributed by atoms with Crippen LogP contribution in [0.25, 0.3) is 22.6 Å². The van der Waals surface area contributed by atoms with E-state index in [4.69, 9.17) is 4.74 Å². The van der Waals surface area contributed by atoms with Crippen LogP contribution in [0.4, 0.5) is 0 Å². The topological polar surface area (TPSA) is 52.8 Å². The van der Waals surface area contributed by atoms with Crippen molar-refractivity contribution < 1.29 is 4.74 Å². The molecular formula is C14H12N4O. The number of aromatic nitrogens is 4. The van der Waals surface area contributed by atoms with Crippen molar-refractivity contribution in [3.8, 4) is 17.3 Å². The van der Waals surface area contributed by atoms with E-state index in [1.54, 1.807) is 7.11 Å². The van der Waals surface area contributed by atoms with Crippen LogP contribution in [0.15, 0.2) is 30.6 Å². The van der Waals surface area contributed by atoms with E-state index in [-0.39, 0.29) is 6.04 Å². The highest BCUT2D eigenvalue weighted by molar-refractivity contribution is 5.84. The van der Waals surface area contributed by atoms with Gasteiger partial charge in [-0.25, -0.2) is 9.97 Å². The average molecular weight is 252 g/mol. The highest BCUT2D eigenvalue weighted by Gasteiger charge is 2.30. The summed E-state index contributed by atoms with van der Waals surface area (Å²) >= 11 is 0. The van der Waals surface area contributed by atoms with Gasteiger partial charge < -0.3 is 9.30 Å². The quantitative estimate of drug-likeness (QED) is 0.667. The van der Waals surface area contributed by atoms with Crippen LogP contribution in [0, 0.1) is 0 Å². The third-order valence-electron chi connectivity index (χ3n) is 3.68. The molecule has 5 nitrogen and oxygen atoms in total. The first-order valence-electron chi connectivity index (χ1n) is 6.17. The van der Waals surface area contributed by atoms with Gasteiger partial charge in [-0.3, -0.25) is 0 Å². The van der Waals surface area contributed by atoms with E-state index < -0.39 is 0 Å². The molecular weight excluding hydrogens is 240 g/mol. The molecule has 0 amide bonds. The van der Waals surface area contributed by atoms with Gasteiger partial charge in [0.2, 0.25) is 5.88 Å². The third kappa shape index (κ3) is 1.22. The lowest BCUT2D eigenvalue weighted by atomic mass is 10.1. The zero-order chi connectivity index (χ0) is 13.0. The maximum atomic E-state index is 5.26. The lowest BCUT2D eigenvalue weighted by Crippen LogP contribution is -2.02. The second-order valence-corrected chi connectivity index (χ2v) is 4.62. The van der Waals surface area contributed by atoms with E-state index in [1.165, 1.54) is 11.9 Å². The zero-order valence-corrected chi connectivity index (χ0v) is 10.7. The summed E-state index contributed by atoms with van der Waals surface area (Å²) in [5, 5.41) is 0. The Hall–Kier alpha value is -2.43. The molecule has 0 saturated carbocycles. The van der Waals surface area contributed by atoms with E-state index >= 15 is 0 Å². The van der Waals surface area contributed by atoms with Crippen molar-refractivity contribution in [3.63, 3.8) is 0 Å². The molecule has 0 radical (unpaired) electrons.